The van der Waals surface area contributed by atoms with Crippen LogP contribution in [-0.4, -0.2) is 39.0 Å². The second kappa shape index (κ2) is 7.56. The summed E-state index contributed by atoms with van der Waals surface area (Å²) in [5.41, 5.74) is 3.83. The second-order valence-electron chi connectivity index (χ2n) is 6.80. The smallest absolute Gasteiger partial charge is 0.250 e. The molecule has 1 aliphatic rings. The van der Waals surface area contributed by atoms with Crippen LogP contribution in [0.3, 0.4) is 0 Å². The standard InChI is InChI=1S/C19H23N3O4S2/c1-4-28(25,26)22-19(16-7-5-14(2)6-8-16)13-18(20-22)15-9-11-17(12-10-15)21-27(3,23)24/h5-12,19,21H,4,13H2,1-3H3/t19-/m1/s1. The molecule has 2 aromatic carbocycles. The maximum atomic E-state index is 12.6. The molecule has 0 saturated carbocycles. The fraction of sp³-hybridized carbons (Fsp3) is 0.316. The van der Waals surface area contributed by atoms with Gasteiger partial charge in [0.25, 0.3) is 0 Å². The minimum atomic E-state index is -3.52. The molecule has 1 N–H and O–H groups in total. The van der Waals surface area contributed by atoms with Gasteiger partial charge in [0.1, 0.15) is 0 Å². The quantitative estimate of drug-likeness (QED) is 0.776. The molecular weight excluding hydrogens is 398 g/mol. The van der Waals surface area contributed by atoms with E-state index in [1.165, 1.54) is 4.41 Å². The monoisotopic (exact) mass is 421 g/mol. The molecule has 7 nitrogen and oxygen atoms in total. The minimum Gasteiger partial charge on any atom is -0.284 e. The van der Waals surface area contributed by atoms with E-state index in [-0.39, 0.29) is 5.75 Å². The molecule has 1 atom stereocenters. The minimum absolute atomic E-state index is 0.0383. The van der Waals surface area contributed by atoms with Gasteiger partial charge in [0.2, 0.25) is 20.0 Å². The number of hydrogen-bond donors (Lipinski definition) is 1. The van der Waals surface area contributed by atoms with Gasteiger partial charge in [0.05, 0.1) is 23.8 Å². The molecule has 3 rings (SSSR count). The van der Waals surface area contributed by atoms with Gasteiger partial charge in [0.15, 0.2) is 0 Å². The van der Waals surface area contributed by atoms with E-state index < -0.39 is 26.1 Å². The van der Waals surface area contributed by atoms with Gasteiger partial charge in [-0.3, -0.25) is 4.72 Å². The zero-order chi connectivity index (χ0) is 20.5. The summed E-state index contributed by atoms with van der Waals surface area (Å²) in [6.07, 6.45) is 1.53. The zero-order valence-electron chi connectivity index (χ0n) is 16.0. The third-order valence-electron chi connectivity index (χ3n) is 4.51. The fourth-order valence-corrected chi connectivity index (χ4v) is 4.67. The first-order chi connectivity index (χ1) is 13.1. The Morgan fingerprint density at radius 1 is 1.04 bits per heavy atom. The third-order valence-corrected chi connectivity index (χ3v) is 6.75. The Morgan fingerprint density at radius 3 is 2.18 bits per heavy atom. The molecule has 0 amide bonds. The van der Waals surface area contributed by atoms with Gasteiger partial charge in [-0.05, 0) is 37.1 Å². The van der Waals surface area contributed by atoms with Gasteiger partial charge in [-0.15, -0.1) is 0 Å². The molecule has 0 saturated heterocycles. The Balaban J connectivity index is 1.93. The molecule has 0 aromatic heterocycles. The lowest BCUT2D eigenvalue weighted by Crippen LogP contribution is -2.28. The van der Waals surface area contributed by atoms with Crippen LogP contribution < -0.4 is 4.72 Å². The molecule has 1 aliphatic heterocycles. The number of rotatable bonds is 6. The summed E-state index contributed by atoms with van der Waals surface area (Å²) in [5, 5.41) is 4.41. The van der Waals surface area contributed by atoms with Gasteiger partial charge in [-0.2, -0.15) is 9.52 Å². The SMILES string of the molecule is CCS(=O)(=O)N1N=C(c2ccc(NS(C)(=O)=O)cc2)C[C@@H]1c1ccc(C)cc1. The topological polar surface area (TPSA) is 95.9 Å². The van der Waals surface area contributed by atoms with Gasteiger partial charge < -0.3 is 0 Å². The number of nitrogens with zero attached hydrogens (tertiary/aromatic N) is 2. The lowest BCUT2D eigenvalue weighted by Gasteiger charge is -2.22. The zero-order valence-corrected chi connectivity index (χ0v) is 17.6. The summed E-state index contributed by atoms with van der Waals surface area (Å²) in [5.74, 6) is -0.0383. The first kappa shape index (κ1) is 20.3. The maximum absolute atomic E-state index is 12.6. The summed E-state index contributed by atoms with van der Waals surface area (Å²) in [7, 11) is -6.88. The first-order valence-electron chi connectivity index (χ1n) is 8.83. The summed E-state index contributed by atoms with van der Waals surface area (Å²) in [6.45, 7) is 3.58. The molecule has 2 aromatic rings. The second-order valence-corrected chi connectivity index (χ2v) is 10.7. The average Bonchev–Trinajstić information content (AvgIpc) is 3.08. The Labute approximate surface area is 166 Å². The Bertz CT molecular complexity index is 1090. The van der Waals surface area contributed by atoms with Gasteiger partial charge in [-0.1, -0.05) is 42.0 Å². The van der Waals surface area contributed by atoms with E-state index in [1.807, 2.05) is 31.2 Å². The molecule has 28 heavy (non-hydrogen) atoms. The van der Waals surface area contributed by atoms with Crippen LogP contribution in [0, 0.1) is 6.92 Å². The molecule has 0 bridgehead atoms. The summed E-state index contributed by atoms with van der Waals surface area (Å²) in [4.78, 5) is 0. The van der Waals surface area contributed by atoms with Crippen molar-refractivity contribution in [2.75, 3.05) is 16.7 Å². The van der Waals surface area contributed by atoms with Crippen LogP contribution in [0.1, 0.15) is 36.1 Å². The van der Waals surface area contributed by atoms with Crippen LogP contribution in [0.2, 0.25) is 0 Å². The summed E-state index contributed by atoms with van der Waals surface area (Å²) < 4.78 is 51.5. The van der Waals surface area contributed by atoms with E-state index in [9.17, 15) is 16.8 Å². The van der Waals surface area contributed by atoms with Crippen LogP contribution in [0.4, 0.5) is 5.69 Å². The van der Waals surface area contributed by atoms with Crippen molar-refractivity contribution in [3.05, 3.63) is 65.2 Å². The van der Waals surface area contributed by atoms with E-state index in [0.29, 0.717) is 17.8 Å². The predicted molar refractivity (Wildman–Crippen MR) is 111 cm³/mol. The predicted octanol–water partition coefficient (Wildman–Crippen LogP) is 2.87. The molecule has 0 radical (unpaired) electrons. The molecule has 0 unspecified atom stereocenters. The van der Waals surface area contributed by atoms with Gasteiger partial charge in [0, 0.05) is 12.1 Å². The highest BCUT2D eigenvalue weighted by atomic mass is 32.2. The number of anilines is 1. The highest BCUT2D eigenvalue weighted by Gasteiger charge is 2.35. The average molecular weight is 422 g/mol. The number of hydrogen-bond acceptors (Lipinski definition) is 5. The highest BCUT2D eigenvalue weighted by molar-refractivity contribution is 7.92. The summed E-state index contributed by atoms with van der Waals surface area (Å²) in [6, 6.07) is 14.1. The van der Waals surface area contributed by atoms with Crippen molar-refractivity contribution in [1.29, 1.82) is 0 Å². The van der Waals surface area contributed by atoms with E-state index >= 15 is 0 Å². The molecular formula is C19H23N3O4S2. The lowest BCUT2D eigenvalue weighted by molar-refractivity contribution is 0.372. The number of benzene rings is 2. The molecule has 0 spiro atoms. The Hall–Kier alpha value is -2.39. The number of aryl methyl sites for hydroxylation is 1. The van der Waals surface area contributed by atoms with E-state index in [2.05, 4.69) is 9.82 Å². The van der Waals surface area contributed by atoms with Crippen LogP contribution in [0.15, 0.2) is 53.6 Å². The Morgan fingerprint density at radius 2 is 1.64 bits per heavy atom. The fourth-order valence-electron chi connectivity index (χ4n) is 3.03. The number of hydrazone groups is 1. The summed E-state index contributed by atoms with van der Waals surface area (Å²) >= 11 is 0. The maximum Gasteiger partial charge on any atom is 0.250 e. The number of nitrogens with one attached hydrogen (secondary N) is 1. The van der Waals surface area contributed by atoms with Gasteiger partial charge in [-0.25, -0.2) is 16.8 Å². The van der Waals surface area contributed by atoms with Crippen molar-refractivity contribution in [3.63, 3.8) is 0 Å². The first-order valence-corrected chi connectivity index (χ1v) is 12.3. The van der Waals surface area contributed by atoms with Crippen molar-refractivity contribution < 1.29 is 16.8 Å². The highest BCUT2D eigenvalue weighted by Crippen LogP contribution is 2.35. The van der Waals surface area contributed by atoms with E-state index in [1.54, 1.807) is 31.2 Å². The molecule has 9 heteroatoms. The van der Waals surface area contributed by atoms with Crippen LogP contribution in [0.5, 0.6) is 0 Å². The Kier molecular flexibility index (Phi) is 5.49. The molecule has 1 heterocycles. The van der Waals surface area contributed by atoms with Crippen LogP contribution >= 0.6 is 0 Å². The lowest BCUT2D eigenvalue weighted by atomic mass is 9.98. The number of sulfonamides is 2. The van der Waals surface area contributed by atoms with E-state index in [4.69, 9.17) is 0 Å². The molecule has 0 fully saturated rings. The van der Waals surface area contributed by atoms with Crippen LogP contribution in [-0.2, 0) is 20.0 Å². The van der Waals surface area contributed by atoms with Gasteiger partial charge >= 0.3 is 0 Å². The largest absolute Gasteiger partial charge is 0.284 e. The van der Waals surface area contributed by atoms with Crippen molar-refractivity contribution in [1.82, 2.24) is 4.41 Å². The third kappa shape index (κ3) is 4.53. The van der Waals surface area contributed by atoms with Crippen molar-refractivity contribution in [2.24, 2.45) is 5.10 Å². The van der Waals surface area contributed by atoms with Crippen molar-refractivity contribution in [3.8, 4) is 0 Å². The van der Waals surface area contributed by atoms with E-state index in [0.717, 1.165) is 22.9 Å². The molecule has 150 valence electrons. The van der Waals surface area contributed by atoms with Crippen molar-refractivity contribution >= 4 is 31.4 Å². The van der Waals surface area contributed by atoms with Crippen molar-refractivity contribution in [2.45, 2.75) is 26.3 Å². The normalized spacial score (nSPS) is 17.5. The molecule has 0 aliphatic carbocycles. The van der Waals surface area contributed by atoms with Crippen LogP contribution in [0.25, 0.3) is 0 Å².